The van der Waals surface area contributed by atoms with Crippen LogP contribution in [0.25, 0.3) is 0 Å². The number of fused-ring (bicyclic) bond motifs is 2. The average Bonchev–Trinajstić information content (AvgIpc) is 3.04. The summed E-state index contributed by atoms with van der Waals surface area (Å²) in [5.74, 6) is -3.86. The summed E-state index contributed by atoms with van der Waals surface area (Å²) >= 11 is 40.0. The van der Waals surface area contributed by atoms with Crippen molar-refractivity contribution >= 4 is 81.5 Å². The molecule has 0 radical (unpaired) electrons. The molecule has 6 atom stereocenters. The maximum Gasteiger partial charge on any atom is 0.312 e. The van der Waals surface area contributed by atoms with E-state index in [0.29, 0.717) is 0 Å². The zero-order valence-corrected chi connectivity index (χ0v) is 25.3. The molecule has 1 fully saturated rings. The summed E-state index contributed by atoms with van der Waals surface area (Å²) in [6, 6.07) is 0. The average molecular weight is 613 g/mol. The van der Waals surface area contributed by atoms with Crippen LogP contribution in [0.5, 0.6) is 0 Å². The lowest BCUT2D eigenvalue weighted by Gasteiger charge is -2.34. The molecule has 2 bridgehead atoms. The van der Waals surface area contributed by atoms with Crippen molar-refractivity contribution in [2.24, 2.45) is 23.7 Å². The summed E-state index contributed by atoms with van der Waals surface area (Å²) in [5, 5.41) is -0.307. The van der Waals surface area contributed by atoms with E-state index < -0.39 is 37.9 Å². The van der Waals surface area contributed by atoms with Gasteiger partial charge in [-0.3, -0.25) is 9.59 Å². The molecule has 1 saturated carbocycles. The number of carbonyl (C=O) groups is 2. The van der Waals surface area contributed by atoms with Crippen molar-refractivity contribution < 1.29 is 19.1 Å². The Bertz CT molecular complexity index is 741. The summed E-state index contributed by atoms with van der Waals surface area (Å²) in [6.45, 7) is 8.63. The molecule has 0 aromatic carbocycles. The lowest BCUT2D eigenvalue weighted by atomic mass is 9.81. The van der Waals surface area contributed by atoms with Gasteiger partial charge in [0.15, 0.2) is 4.33 Å². The first kappa shape index (κ1) is 31.6. The minimum atomic E-state index is -2.05. The Morgan fingerprint density at radius 2 is 1.09 bits per heavy atom. The Kier molecular flexibility index (Phi) is 11.7. The smallest absolute Gasteiger partial charge is 0.312 e. The molecule has 202 valence electrons. The number of hydrogen-bond acceptors (Lipinski definition) is 4. The van der Waals surface area contributed by atoms with E-state index in [1.54, 1.807) is 0 Å². The van der Waals surface area contributed by atoms with Crippen LogP contribution in [-0.4, -0.2) is 39.2 Å². The molecular formula is C25H36Cl6O4. The van der Waals surface area contributed by atoms with E-state index in [2.05, 4.69) is 13.8 Å². The molecule has 2 aliphatic carbocycles. The minimum Gasteiger partial charge on any atom is -0.465 e. The van der Waals surface area contributed by atoms with Gasteiger partial charge in [-0.2, -0.15) is 0 Å². The van der Waals surface area contributed by atoms with Crippen LogP contribution in [0.2, 0.25) is 0 Å². The maximum atomic E-state index is 13.5. The van der Waals surface area contributed by atoms with Crippen molar-refractivity contribution in [1.29, 1.82) is 0 Å². The molecule has 0 heterocycles. The van der Waals surface area contributed by atoms with Crippen molar-refractivity contribution in [3.05, 3.63) is 10.1 Å². The predicted molar refractivity (Wildman–Crippen MR) is 146 cm³/mol. The lowest BCUT2D eigenvalue weighted by Crippen LogP contribution is -2.47. The fraction of sp³-hybridized carbons (Fsp3) is 0.840. The highest BCUT2D eigenvalue weighted by Crippen LogP contribution is 2.76. The standard InChI is InChI=1S/C25H36Cl6O4/c1-5-9-11-15(7-3)13-34-21(32)17-18(22(33)35-14-16(8-4)12-10-6-2)24(29)20(27)19(26)23(17,28)25(24,30)31/h15-18H,5-14H2,1-4H3/t15-,16-,17-,18+,23+,24-/m0/s1. The summed E-state index contributed by atoms with van der Waals surface area (Å²) in [7, 11) is 0. The van der Waals surface area contributed by atoms with Gasteiger partial charge in [0, 0.05) is 0 Å². The Balaban J connectivity index is 2.35. The van der Waals surface area contributed by atoms with Gasteiger partial charge in [-0.15, -0.1) is 23.2 Å². The van der Waals surface area contributed by atoms with E-state index >= 15 is 0 Å². The van der Waals surface area contributed by atoms with E-state index in [1.165, 1.54) is 0 Å². The Morgan fingerprint density at radius 1 is 0.743 bits per heavy atom. The van der Waals surface area contributed by atoms with E-state index in [1.807, 2.05) is 13.8 Å². The van der Waals surface area contributed by atoms with Gasteiger partial charge in [-0.05, 0) is 24.7 Å². The normalized spacial score (nSPS) is 30.9. The monoisotopic (exact) mass is 610 g/mol. The highest BCUT2D eigenvalue weighted by molar-refractivity contribution is 6.66. The molecule has 0 aliphatic heterocycles. The Morgan fingerprint density at radius 3 is 1.37 bits per heavy atom. The van der Waals surface area contributed by atoms with E-state index in [9.17, 15) is 9.59 Å². The van der Waals surface area contributed by atoms with E-state index in [4.69, 9.17) is 79.1 Å². The molecule has 0 amide bonds. The molecule has 0 aromatic heterocycles. The molecule has 0 aromatic rings. The van der Waals surface area contributed by atoms with Crippen LogP contribution in [0.15, 0.2) is 10.1 Å². The summed E-state index contributed by atoms with van der Waals surface area (Å²) < 4.78 is 9.28. The third-order valence-electron chi connectivity index (χ3n) is 7.45. The second kappa shape index (κ2) is 13.0. The van der Waals surface area contributed by atoms with Gasteiger partial charge in [0.2, 0.25) is 0 Å². The molecule has 0 saturated heterocycles. The molecule has 35 heavy (non-hydrogen) atoms. The van der Waals surface area contributed by atoms with Crippen molar-refractivity contribution in [3.8, 4) is 0 Å². The molecule has 10 heteroatoms. The number of alkyl halides is 4. The van der Waals surface area contributed by atoms with Crippen molar-refractivity contribution in [2.75, 3.05) is 13.2 Å². The van der Waals surface area contributed by atoms with Crippen LogP contribution < -0.4 is 0 Å². The number of rotatable bonds is 14. The van der Waals surface area contributed by atoms with Gasteiger partial charge in [0.25, 0.3) is 0 Å². The quantitative estimate of drug-likeness (QED) is 0.146. The minimum absolute atomic E-state index is 0.153. The van der Waals surface area contributed by atoms with Crippen LogP contribution >= 0.6 is 69.6 Å². The third kappa shape index (κ3) is 5.59. The van der Waals surface area contributed by atoms with Gasteiger partial charge in [-0.1, -0.05) is 113 Å². The first-order valence-corrected chi connectivity index (χ1v) is 14.8. The van der Waals surface area contributed by atoms with Crippen molar-refractivity contribution in [2.45, 2.75) is 93.1 Å². The van der Waals surface area contributed by atoms with Gasteiger partial charge in [-0.25, -0.2) is 0 Å². The highest BCUT2D eigenvalue weighted by Gasteiger charge is 2.86. The fourth-order valence-corrected chi connectivity index (χ4v) is 7.88. The van der Waals surface area contributed by atoms with Gasteiger partial charge >= 0.3 is 11.9 Å². The lowest BCUT2D eigenvalue weighted by molar-refractivity contribution is -0.162. The third-order valence-corrected chi connectivity index (χ3v) is 11.7. The number of esters is 2. The van der Waals surface area contributed by atoms with E-state index in [0.717, 1.165) is 51.4 Å². The first-order valence-electron chi connectivity index (χ1n) is 12.5. The second-order valence-electron chi connectivity index (χ2n) is 9.67. The Labute approximate surface area is 239 Å². The summed E-state index contributed by atoms with van der Waals surface area (Å²) in [6.07, 6.45) is 7.63. The first-order chi connectivity index (χ1) is 16.4. The Hall–Kier alpha value is 0.420. The largest absolute Gasteiger partial charge is 0.465 e. The molecular weight excluding hydrogens is 577 g/mol. The van der Waals surface area contributed by atoms with Crippen molar-refractivity contribution in [3.63, 3.8) is 0 Å². The van der Waals surface area contributed by atoms with Gasteiger partial charge < -0.3 is 9.47 Å². The van der Waals surface area contributed by atoms with Crippen LogP contribution in [0.3, 0.4) is 0 Å². The molecule has 0 spiro atoms. The highest BCUT2D eigenvalue weighted by atomic mass is 35.5. The van der Waals surface area contributed by atoms with E-state index in [-0.39, 0.29) is 35.1 Å². The van der Waals surface area contributed by atoms with Crippen LogP contribution in [0, 0.1) is 23.7 Å². The number of hydrogen-bond donors (Lipinski definition) is 0. The molecule has 2 rings (SSSR count). The number of carbonyl (C=O) groups excluding carboxylic acids is 2. The van der Waals surface area contributed by atoms with Gasteiger partial charge in [0.1, 0.15) is 9.75 Å². The van der Waals surface area contributed by atoms with Crippen molar-refractivity contribution in [1.82, 2.24) is 0 Å². The second-order valence-corrected chi connectivity index (χ2v) is 12.9. The molecule has 0 N–H and O–H groups in total. The summed E-state index contributed by atoms with van der Waals surface area (Å²) in [5.41, 5.74) is 0. The fourth-order valence-electron chi connectivity index (χ4n) is 4.96. The molecule has 0 unspecified atom stereocenters. The topological polar surface area (TPSA) is 52.6 Å². The number of unbranched alkanes of at least 4 members (excludes halogenated alkanes) is 2. The zero-order chi connectivity index (χ0) is 26.6. The zero-order valence-electron chi connectivity index (χ0n) is 20.8. The van der Waals surface area contributed by atoms with Crippen LogP contribution in [-0.2, 0) is 19.1 Å². The van der Waals surface area contributed by atoms with Crippen LogP contribution in [0.1, 0.15) is 79.1 Å². The van der Waals surface area contributed by atoms with Crippen LogP contribution in [0.4, 0.5) is 0 Å². The SMILES string of the molecule is CCCC[C@H](CC)COC(=O)[C@@H]1[C@H](C(=O)OC[C@@H](CC)CCCC)[C@]2(Cl)C(Cl)=C(Cl)[C@@]1(Cl)C2(Cl)Cl. The number of allylic oxidation sites excluding steroid dienone is 2. The molecule has 4 nitrogen and oxygen atoms in total. The summed E-state index contributed by atoms with van der Waals surface area (Å²) in [4.78, 5) is 23.0. The molecule has 2 aliphatic rings. The predicted octanol–water partition coefficient (Wildman–Crippen LogP) is 8.58. The maximum absolute atomic E-state index is 13.5. The number of halogens is 6. The van der Waals surface area contributed by atoms with Gasteiger partial charge in [0.05, 0.1) is 35.1 Å². The number of ether oxygens (including phenoxy) is 2.